The van der Waals surface area contributed by atoms with Gasteiger partial charge in [-0.3, -0.25) is 0 Å². The van der Waals surface area contributed by atoms with Crippen molar-refractivity contribution in [3.05, 3.63) is 28.8 Å². The third kappa shape index (κ3) is 5.94. The largest absolute Gasteiger partial charge is 0.479 e. The number of hydrogen-bond acceptors (Lipinski definition) is 4. The molecule has 0 saturated carbocycles. The molecule has 1 unspecified atom stereocenters. The zero-order chi connectivity index (χ0) is 15.8. The van der Waals surface area contributed by atoms with Gasteiger partial charge < -0.3 is 14.8 Å². The molecule has 0 spiro atoms. The molecule has 21 heavy (non-hydrogen) atoms. The topological polar surface area (TPSA) is 47.6 Å². The molecule has 1 aromatic carbocycles. The van der Waals surface area contributed by atoms with E-state index < -0.39 is 6.10 Å². The summed E-state index contributed by atoms with van der Waals surface area (Å²) in [7, 11) is 0. The van der Waals surface area contributed by atoms with Gasteiger partial charge in [0, 0.05) is 17.1 Å². The summed E-state index contributed by atoms with van der Waals surface area (Å²) in [4.78, 5) is 11.7. The van der Waals surface area contributed by atoms with Crippen LogP contribution in [0.15, 0.2) is 18.2 Å². The first-order valence-corrected chi connectivity index (χ1v) is 7.64. The molecule has 0 aromatic heterocycles. The highest BCUT2D eigenvalue weighted by Gasteiger charge is 2.18. The van der Waals surface area contributed by atoms with Gasteiger partial charge in [-0.2, -0.15) is 0 Å². The summed E-state index contributed by atoms with van der Waals surface area (Å²) in [6, 6.07) is 5.44. The van der Waals surface area contributed by atoms with Crippen molar-refractivity contribution in [3.8, 4) is 5.75 Å². The number of benzene rings is 1. The van der Waals surface area contributed by atoms with Crippen molar-refractivity contribution in [2.45, 2.75) is 40.3 Å². The highest BCUT2D eigenvalue weighted by Crippen LogP contribution is 2.27. The highest BCUT2D eigenvalue weighted by atomic mass is 35.5. The summed E-state index contributed by atoms with van der Waals surface area (Å²) >= 11 is 6.23. The van der Waals surface area contributed by atoms with E-state index in [-0.39, 0.29) is 5.97 Å². The minimum atomic E-state index is -0.660. The van der Waals surface area contributed by atoms with Gasteiger partial charge in [0.25, 0.3) is 0 Å². The fraction of sp³-hybridized carbons (Fsp3) is 0.562. The van der Waals surface area contributed by atoms with Crippen LogP contribution in [0.4, 0.5) is 0 Å². The van der Waals surface area contributed by atoms with E-state index >= 15 is 0 Å². The molecule has 5 heteroatoms. The van der Waals surface area contributed by atoms with Crippen molar-refractivity contribution in [1.29, 1.82) is 0 Å². The highest BCUT2D eigenvalue weighted by molar-refractivity contribution is 6.31. The third-order valence-electron chi connectivity index (χ3n) is 2.85. The third-order valence-corrected chi connectivity index (χ3v) is 3.21. The van der Waals surface area contributed by atoms with E-state index in [1.807, 2.05) is 18.2 Å². The summed E-state index contributed by atoms with van der Waals surface area (Å²) in [5.41, 5.74) is 0.857. The predicted molar refractivity (Wildman–Crippen MR) is 84.7 cm³/mol. The fourth-order valence-electron chi connectivity index (χ4n) is 1.80. The first-order valence-electron chi connectivity index (χ1n) is 7.27. The lowest BCUT2D eigenvalue weighted by Gasteiger charge is -2.18. The second-order valence-electron chi connectivity index (χ2n) is 5.25. The summed E-state index contributed by atoms with van der Waals surface area (Å²) in [5, 5.41) is 3.95. The van der Waals surface area contributed by atoms with E-state index in [9.17, 15) is 4.79 Å². The Morgan fingerprint density at radius 3 is 2.67 bits per heavy atom. The molecule has 1 aromatic rings. The first kappa shape index (κ1) is 17.8. The minimum absolute atomic E-state index is 0.338. The summed E-state index contributed by atoms with van der Waals surface area (Å²) < 4.78 is 10.6. The first-order chi connectivity index (χ1) is 9.95. The maximum atomic E-state index is 11.7. The molecular formula is C16H24ClNO3. The number of carbonyl (C=O) groups excluding carboxylic acids is 1. The van der Waals surface area contributed by atoms with Crippen LogP contribution in [0.3, 0.4) is 0 Å². The molecule has 0 radical (unpaired) electrons. The van der Waals surface area contributed by atoms with Gasteiger partial charge in [-0.15, -0.1) is 0 Å². The number of nitrogens with one attached hydrogen (secondary N) is 1. The van der Waals surface area contributed by atoms with E-state index in [4.69, 9.17) is 21.1 Å². The lowest BCUT2D eigenvalue weighted by Crippen LogP contribution is -2.27. The maximum absolute atomic E-state index is 11.7. The monoisotopic (exact) mass is 313 g/mol. The van der Waals surface area contributed by atoms with Crippen molar-refractivity contribution in [2.24, 2.45) is 5.92 Å². The number of carbonyl (C=O) groups is 1. The SMILES string of the molecule is CCOC(=O)C(C)Oc1cccc(Cl)c1CNCC(C)C. The van der Waals surface area contributed by atoms with Crippen LogP contribution in [0.5, 0.6) is 5.75 Å². The van der Waals surface area contributed by atoms with Gasteiger partial charge in [-0.05, 0) is 38.4 Å². The molecule has 0 aliphatic carbocycles. The molecule has 118 valence electrons. The molecule has 1 rings (SSSR count). The number of esters is 1. The van der Waals surface area contributed by atoms with Crippen molar-refractivity contribution in [3.63, 3.8) is 0 Å². The van der Waals surface area contributed by atoms with E-state index in [1.165, 1.54) is 0 Å². The van der Waals surface area contributed by atoms with Gasteiger partial charge >= 0.3 is 5.97 Å². The predicted octanol–water partition coefficient (Wildman–Crippen LogP) is 3.42. The zero-order valence-corrected chi connectivity index (χ0v) is 13.9. The summed E-state index contributed by atoms with van der Waals surface area (Å²) in [6.45, 7) is 9.54. The van der Waals surface area contributed by atoms with Gasteiger partial charge in [0.1, 0.15) is 5.75 Å². The summed E-state index contributed by atoms with van der Waals surface area (Å²) in [5.74, 6) is 0.785. The second-order valence-corrected chi connectivity index (χ2v) is 5.66. The number of hydrogen-bond donors (Lipinski definition) is 1. The molecular weight excluding hydrogens is 290 g/mol. The van der Waals surface area contributed by atoms with E-state index in [1.54, 1.807) is 13.8 Å². The molecule has 4 nitrogen and oxygen atoms in total. The lowest BCUT2D eigenvalue weighted by molar-refractivity contribution is -0.150. The van der Waals surface area contributed by atoms with Crippen LogP contribution in [-0.2, 0) is 16.1 Å². The van der Waals surface area contributed by atoms with Crippen molar-refractivity contribution in [2.75, 3.05) is 13.2 Å². The maximum Gasteiger partial charge on any atom is 0.347 e. The standard InChI is InChI=1S/C16H24ClNO3/c1-5-20-16(19)12(4)21-15-8-6-7-14(17)13(15)10-18-9-11(2)3/h6-8,11-12,18H,5,9-10H2,1-4H3. The van der Waals surface area contributed by atoms with E-state index in [0.717, 1.165) is 12.1 Å². The van der Waals surface area contributed by atoms with Gasteiger partial charge in [0.15, 0.2) is 6.10 Å². The molecule has 0 saturated heterocycles. The molecule has 0 aliphatic rings. The zero-order valence-electron chi connectivity index (χ0n) is 13.1. The molecule has 0 bridgehead atoms. The Balaban J connectivity index is 2.77. The molecule has 0 aliphatic heterocycles. The number of rotatable bonds is 8. The number of ether oxygens (including phenoxy) is 2. The Morgan fingerprint density at radius 2 is 2.05 bits per heavy atom. The Morgan fingerprint density at radius 1 is 1.33 bits per heavy atom. The summed E-state index contributed by atoms with van der Waals surface area (Å²) in [6.07, 6.45) is -0.660. The fourth-order valence-corrected chi connectivity index (χ4v) is 2.04. The molecule has 0 amide bonds. The van der Waals surface area contributed by atoms with Gasteiger partial charge in [-0.1, -0.05) is 31.5 Å². The van der Waals surface area contributed by atoms with Crippen LogP contribution in [-0.4, -0.2) is 25.2 Å². The van der Waals surface area contributed by atoms with Crippen LogP contribution >= 0.6 is 11.6 Å². The molecule has 1 atom stereocenters. The van der Waals surface area contributed by atoms with Crippen molar-refractivity contribution < 1.29 is 14.3 Å². The van der Waals surface area contributed by atoms with Crippen molar-refractivity contribution in [1.82, 2.24) is 5.32 Å². The second kappa shape index (κ2) is 8.90. The van der Waals surface area contributed by atoms with E-state index in [2.05, 4.69) is 19.2 Å². The van der Waals surface area contributed by atoms with Crippen LogP contribution in [0.25, 0.3) is 0 Å². The molecule has 0 heterocycles. The van der Waals surface area contributed by atoms with E-state index in [0.29, 0.717) is 29.8 Å². The Bertz CT molecular complexity index is 463. The average molecular weight is 314 g/mol. The van der Waals surface area contributed by atoms with Gasteiger partial charge in [-0.25, -0.2) is 4.79 Å². The van der Waals surface area contributed by atoms with Crippen LogP contribution in [0.2, 0.25) is 5.02 Å². The quantitative estimate of drug-likeness (QED) is 0.747. The van der Waals surface area contributed by atoms with Crippen LogP contribution in [0, 0.1) is 5.92 Å². The number of halogens is 1. The average Bonchev–Trinajstić information content (AvgIpc) is 2.41. The van der Waals surface area contributed by atoms with Crippen molar-refractivity contribution >= 4 is 17.6 Å². The van der Waals surface area contributed by atoms with Crippen LogP contribution < -0.4 is 10.1 Å². The molecule has 1 N–H and O–H groups in total. The Labute approximate surface area is 131 Å². The normalized spacial score (nSPS) is 12.3. The molecule has 0 fully saturated rings. The Hall–Kier alpha value is -1.26. The smallest absolute Gasteiger partial charge is 0.347 e. The van der Waals surface area contributed by atoms with Crippen LogP contribution in [0.1, 0.15) is 33.3 Å². The lowest BCUT2D eigenvalue weighted by atomic mass is 10.1. The Kier molecular flexibility index (Phi) is 7.54. The van der Waals surface area contributed by atoms with Gasteiger partial charge in [0.05, 0.1) is 6.61 Å². The minimum Gasteiger partial charge on any atom is -0.479 e. The van der Waals surface area contributed by atoms with Gasteiger partial charge in [0.2, 0.25) is 0 Å².